The summed E-state index contributed by atoms with van der Waals surface area (Å²) in [7, 11) is 1.75. The van der Waals surface area contributed by atoms with Gasteiger partial charge in [0.15, 0.2) is 0 Å². The number of halogens is 1. The highest BCUT2D eigenvalue weighted by Crippen LogP contribution is 2.28. The average molecular weight is 368 g/mol. The predicted molar refractivity (Wildman–Crippen MR) is 97.9 cm³/mol. The number of carboxylic acid groups (broad SMARTS) is 1. The molecular formula is C18H26ClN3O3. The largest absolute Gasteiger partial charge is 0.480 e. The van der Waals surface area contributed by atoms with E-state index in [2.05, 4.69) is 5.32 Å². The number of nitrogens with zero attached hydrogens (tertiary/aromatic N) is 2. The van der Waals surface area contributed by atoms with Gasteiger partial charge in [0.1, 0.15) is 0 Å². The molecule has 0 spiro atoms. The summed E-state index contributed by atoms with van der Waals surface area (Å²) in [5, 5.41) is 12.6. The fourth-order valence-corrected chi connectivity index (χ4v) is 3.45. The van der Waals surface area contributed by atoms with Crippen LogP contribution in [-0.4, -0.2) is 59.1 Å². The van der Waals surface area contributed by atoms with Crippen molar-refractivity contribution in [2.75, 3.05) is 20.1 Å². The second kappa shape index (κ2) is 8.54. The molecule has 7 heteroatoms. The highest BCUT2D eigenvalue weighted by Gasteiger charge is 2.35. The molecule has 1 aliphatic carbocycles. The number of carbonyl (C=O) groups excluding carboxylic acids is 1. The number of carboxylic acids is 1. The number of carbonyl (C=O) groups is 2. The molecule has 0 radical (unpaired) electrons. The maximum absolute atomic E-state index is 12.5. The molecule has 2 rings (SSSR count). The van der Waals surface area contributed by atoms with Crippen LogP contribution < -0.4 is 5.32 Å². The maximum Gasteiger partial charge on any atom is 0.317 e. The highest BCUT2D eigenvalue weighted by molar-refractivity contribution is 6.31. The minimum absolute atomic E-state index is 0.0469. The van der Waals surface area contributed by atoms with Crippen LogP contribution in [0.15, 0.2) is 24.3 Å². The monoisotopic (exact) mass is 367 g/mol. The van der Waals surface area contributed by atoms with Gasteiger partial charge in [0.2, 0.25) is 0 Å². The van der Waals surface area contributed by atoms with Crippen LogP contribution in [0.3, 0.4) is 0 Å². The molecule has 1 atom stereocenters. The lowest BCUT2D eigenvalue weighted by atomic mass is 9.85. The molecule has 1 saturated carbocycles. The summed E-state index contributed by atoms with van der Waals surface area (Å²) in [6.45, 7) is 4.64. The molecule has 0 aliphatic heterocycles. The topological polar surface area (TPSA) is 72.9 Å². The Bertz CT molecular complexity index is 619. The van der Waals surface area contributed by atoms with E-state index in [-0.39, 0.29) is 30.7 Å². The number of urea groups is 1. The Morgan fingerprint density at radius 2 is 2.00 bits per heavy atom. The number of amides is 2. The number of hydrogen-bond donors (Lipinski definition) is 2. The Kier molecular flexibility index (Phi) is 6.67. The third-order valence-corrected chi connectivity index (χ3v) is 5.30. The van der Waals surface area contributed by atoms with Crippen molar-refractivity contribution in [1.29, 1.82) is 0 Å². The van der Waals surface area contributed by atoms with Gasteiger partial charge in [-0.05, 0) is 37.9 Å². The molecule has 2 N–H and O–H groups in total. The van der Waals surface area contributed by atoms with Crippen molar-refractivity contribution in [2.45, 2.75) is 44.8 Å². The molecule has 1 aromatic rings. The van der Waals surface area contributed by atoms with Crippen LogP contribution >= 0.6 is 11.6 Å². The summed E-state index contributed by atoms with van der Waals surface area (Å²) < 4.78 is 0. The van der Waals surface area contributed by atoms with E-state index in [0.717, 1.165) is 18.4 Å². The van der Waals surface area contributed by atoms with Crippen LogP contribution in [0, 0.1) is 0 Å². The summed E-state index contributed by atoms with van der Waals surface area (Å²) in [5.74, 6) is -0.817. The lowest BCUT2D eigenvalue weighted by molar-refractivity contribution is -0.139. The smallest absolute Gasteiger partial charge is 0.317 e. The molecular weight excluding hydrogens is 342 g/mol. The number of rotatable bonds is 7. The maximum atomic E-state index is 12.5. The lowest BCUT2D eigenvalue weighted by Gasteiger charge is -2.43. The molecule has 0 aromatic heterocycles. The van der Waals surface area contributed by atoms with E-state index in [1.807, 2.05) is 43.0 Å². The van der Waals surface area contributed by atoms with Gasteiger partial charge in [0.25, 0.3) is 0 Å². The molecule has 0 heterocycles. The van der Waals surface area contributed by atoms with Crippen molar-refractivity contribution in [3.63, 3.8) is 0 Å². The predicted octanol–water partition coefficient (Wildman–Crippen LogP) is 2.98. The lowest BCUT2D eigenvalue weighted by Crippen LogP contribution is -2.56. The molecule has 0 saturated heterocycles. The van der Waals surface area contributed by atoms with E-state index in [1.165, 1.54) is 0 Å². The van der Waals surface area contributed by atoms with Gasteiger partial charge in [-0.25, -0.2) is 4.79 Å². The first-order valence-corrected chi connectivity index (χ1v) is 8.94. The summed E-state index contributed by atoms with van der Waals surface area (Å²) in [6, 6.07) is 7.53. The average Bonchev–Trinajstić information content (AvgIpc) is 2.54. The first-order chi connectivity index (χ1) is 11.8. The van der Waals surface area contributed by atoms with Gasteiger partial charge in [0.05, 0.1) is 12.6 Å². The van der Waals surface area contributed by atoms with Crippen molar-refractivity contribution in [3.8, 4) is 0 Å². The van der Waals surface area contributed by atoms with E-state index < -0.39 is 5.97 Å². The van der Waals surface area contributed by atoms with Crippen molar-refractivity contribution in [1.82, 2.24) is 15.1 Å². The van der Waals surface area contributed by atoms with Crippen LogP contribution in [0.4, 0.5) is 4.79 Å². The minimum atomic E-state index is -0.817. The molecule has 1 aromatic carbocycles. The number of hydrogen-bond acceptors (Lipinski definition) is 3. The number of benzene rings is 1. The number of aliphatic carboxylic acids is 1. The molecule has 1 fully saturated rings. The third kappa shape index (κ3) is 4.86. The first kappa shape index (κ1) is 19.5. The molecule has 1 aliphatic rings. The van der Waals surface area contributed by atoms with E-state index in [0.29, 0.717) is 11.6 Å². The Morgan fingerprint density at radius 3 is 2.56 bits per heavy atom. The molecule has 25 heavy (non-hydrogen) atoms. The van der Waals surface area contributed by atoms with E-state index >= 15 is 0 Å². The van der Waals surface area contributed by atoms with Gasteiger partial charge in [0, 0.05) is 24.2 Å². The zero-order chi connectivity index (χ0) is 18.6. The fourth-order valence-electron chi connectivity index (χ4n) is 3.15. The van der Waals surface area contributed by atoms with Crippen molar-refractivity contribution >= 4 is 23.6 Å². The van der Waals surface area contributed by atoms with Gasteiger partial charge in [-0.2, -0.15) is 0 Å². The van der Waals surface area contributed by atoms with E-state index in [4.69, 9.17) is 16.7 Å². The number of likely N-dealkylation sites (N-methyl/N-ethyl adjacent to an activating group) is 1. The Labute approximate surface area is 153 Å². The Morgan fingerprint density at radius 1 is 1.36 bits per heavy atom. The van der Waals surface area contributed by atoms with Crippen LogP contribution in [-0.2, 0) is 4.79 Å². The highest BCUT2D eigenvalue weighted by atomic mass is 35.5. The molecule has 1 unspecified atom stereocenters. The second-order valence-electron chi connectivity index (χ2n) is 6.54. The van der Waals surface area contributed by atoms with E-state index in [1.54, 1.807) is 11.9 Å². The van der Waals surface area contributed by atoms with Gasteiger partial charge in [-0.15, -0.1) is 0 Å². The molecule has 2 amide bonds. The van der Waals surface area contributed by atoms with Crippen LogP contribution in [0.1, 0.15) is 38.3 Å². The third-order valence-electron chi connectivity index (χ3n) is 4.96. The van der Waals surface area contributed by atoms with Crippen LogP contribution in [0.5, 0.6) is 0 Å². The van der Waals surface area contributed by atoms with E-state index in [9.17, 15) is 9.59 Å². The standard InChI is InChI=1S/C18H26ClN3O3/c1-4-22(11-17(23)24)14-9-13(10-14)20-18(25)21(3)12(2)15-7-5-6-8-16(15)19/h5-8,12-14H,4,9-11H2,1-3H3,(H,20,25)(H,23,24). The SMILES string of the molecule is CCN(CC(=O)O)C1CC(NC(=O)N(C)C(C)c2ccccc2Cl)C1. The summed E-state index contributed by atoms with van der Waals surface area (Å²) in [6.07, 6.45) is 1.56. The van der Waals surface area contributed by atoms with Crippen molar-refractivity contribution in [3.05, 3.63) is 34.9 Å². The summed E-state index contributed by atoms with van der Waals surface area (Å²) in [4.78, 5) is 26.9. The summed E-state index contributed by atoms with van der Waals surface area (Å²) in [5.41, 5.74) is 0.909. The van der Waals surface area contributed by atoms with Crippen molar-refractivity contribution in [2.24, 2.45) is 0 Å². The quantitative estimate of drug-likeness (QED) is 0.777. The zero-order valence-corrected chi connectivity index (χ0v) is 15.7. The van der Waals surface area contributed by atoms with Crippen molar-refractivity contribution < 1.29 is 14.7 Å². The van der Waals surface area contributed by atoms with Gasteiger partial charge in [-0.1, -0.05) is 36.7 Å². The fraction of sp³-hybridized carbons (Fsp3) is 0.556. The molecule has 138 valence electrons. The second-order valence-corrected chi connectivity index (χ2v) is 6.94. The van der Waals surface area contributed by atoms with Gasteiger partial charge in [-0.3, -0.25) is 9.69 Å². The van der Waals surface area contributed by atoms with Gasteiger partial charge >= 0.3 is 12.0 Å². The Hall–Kier alpha value is -1.79. The van der Waals surface area contributed by atoms with Crippen LogP contribution in [0.2, 0.25) is 5.02 Å². The minimum Gasteiger partial charge on any atom is -0.480 e. The normalized spacial score (nSPS) is 20.7. The molecule has 6 nitrogen and oxygen atoms in total. The van der Waals surface area contributed by atoms with Crippen LogP contribution in [0.25, 0.3) is 0 Å². The molecule has 0 bridgehead atoms. The summed E-state index contributed by atoms with van der Waals surface area (Å²) >= 11 is 6.21. The Balaban J connectivity index is 1.85. The zero-order valence-electron chi connectivity index (χ0n) is 14.9. The number of nitrogens with one attached hydrogen (secondary N) is 1. The van der Waals surface area contributed by atoms with Gasteiger partial charge < -0.3 is 15.3 Å². The first-order valence-electron chi connectivity index (χ1n) is 8.57.